The Morgan fingerprint density at radius 2 is 1.08 bits per heavy atom. The monoisotopic (exact) mass is 703 g/mol. The van der Waals surface area contributed by atoms with E-state index in [-0.39, 0.29) is 40.6 Å². The van der Waals surface area contributed by atoms with Crippen LogP contribution in [0.5, 0.6) is 23.0 Å². The molecule has 0 unspecified atom stereocenters. The maximum Gasteiger partial charge on any atom is 0.270 e. The van der Waals surface area contributed by atoms with Crippen LogP contribution in [0.3, 0.4) is 0 Å². The van der Waals surface area contributed by atoms with Crippen LogP contribution in [0.15, 0.2) is 60.7 Å². The molecule has 272 valence electrons. The summed E-state index contributed by atoms with van der Waals surface area (Å²) in [5.74, 6) is 1.77. The van der Waals surface area contributed by atoms with Crippen molar-refractivity contribution in [1.82, 2.24) is 9.80 Å². The van der Waals surface area contributed by atoms with Crippen LogP contribution in [0.1, 0.15) is 43.8 Å². The lowest BCUT2D eigenvalue weighted by molar-refractivity contribution is -0.384. The number of ether oxygens (including phenoxy) is 4. The first-order valence-electron chi connectivity index (χ1n) is 15.9. The van der Waals surface area contributed by atoms with Gasteiger partial charge in [0.2, 0.25) is 0 Å². The largest absolute Gasteiger partial charge is 0.493 e. The van der Waals surface area contributed by atoms with E-state index in [1.54, 1.807) is 43.3 Å². The second-order valence-electron chi connectivity index (χ2n) is 12.0. The number of carbonyl (C=O) groups excluding carboxylic acids is 2. The van der Waals surface area contributed by atoms with Crippen molar-refractivity contribution in [2.45, 2.75) is 27.2 Å². The number of hydrogen-bond acceptors (Lipinski definition) is 8. The Balaban J connectivity index is 0.00000351. The van der Waals surface area contributed by atoms with E-state index in [1.807, 2.05) is 57.2 Å². The van der Waals surface area contributed by atoms with Gasteiger partial charge in [-0.05, 0) is 97.0 Å². The molecule has 2 amide bonds. The Hall–Kier alpha value is -5.66. The summed E-state index contributed by atoms with van der Waals surface area (Å²) in [5, 5.41) is 11.8. The van der Waals surface area contributed by atoms with E-state index in [9.17, 15) is 19.7 Å². The number of amides is 2. The number of carbonyl (C=O) groups is 2. The molecule has 0 radical (unpaired) electrons. The average molecular weight is 704 g/mol. The molecule has 1 fully saturated rings. The summed E-state index contributed by atoms with van der Waals surface area (Å²) < 4.78 is 22.1. The van der Waals surface area contributed by atoms with Crippen LogP contribution in [0.2, 0.25) is 0 Å². The predicted molar refractivity (Wildman–Crippen MR) is 194 cm³/mol. The van der Waals surface area contributed by atoms with Gasteiger partial charge in [0.05, 0.1) is 38.9 Å². The quantitative estimate of drug-likeness (QED) is 0.168. The molecule has 1 aliphatic rings. The number of rotatable bonds is 9. The van der Waals surface area contributed by atoms with E-state index < -0.39 is 4.92 Å². The second kappa shape index (κ2) is 16.8. The second-order valence-corrected chi connectivity index (χ2v) is 12.0. The van der Waals surface area contributed by atoms with Crippen molar-refractivity contribution < 1.29 is 44.4 Å². The molecular weight excluding hydrogens is 658 g/mol. The van der Waals surface area contributed by atoms with Gasteiger partial charge < -0.3 is 39.7 Å². The Morgan fingerprint density at radius 1 is 0.627 bits per heavy atom. The van der Waals surface area contributed by atoms with Crippen molar-refractivity contribution in [3.63, 3.8) is 0 Å². The third kappa shape index (κ3) is 8.05. The highest BCUT2D eigenvalue weighted by Crippen LogP contribution is 2.39. The molecule has 1 heterocycles. The summed E-state index contributed by atoms with van der Waals surface area (Å²) in [4.78, 5) is 43.1. The molecule has 0 aliphatic carbocycles. The standard InChI is InChI=1S/C38H41N3O8.2H2O/c1-23-9-11-29(26-18-24(2)35(48-6)33(20-26)46-4)31(17-23)37(42)39-13-8-14-40(16-15-39)38(43)32-22-28(41(44)45)10-12-30(32)27-19-25(3)36(49-7)34(21-27)47-5;;/h9-12,17-22H,8,13-16H2,1-7H3;2*1H2. The fraction of sp³-hybridized carbons (Fsp3) is 0.316. The summed E-state index contributed by atoms with van der Waals surface area (Å²) in [6, 6.07) is 17.6. The maximum absolute atomic E-state index is 14.2. The molecule has 0 spiro atoms. The van der Waals surface area contributed by atoms with E-state index in [0.29, 0.717) is 65.7 Å². The number of nitrogens with zero attached hydrogens (tertiary/aromatic N) is 3. The average Bonchev–Trinajstić information content (AvgIpc) is 3.36. The number of nitro groups is 1. The normalized spacial score (nSPS) is 12.5. The minimum atomic E-state index is -0.511. The molecule has 4 aromatic rings. The van der Waals surface area contributed by atoms with Crippen LogP contribution in [0.25, 0.3) is 22.3 Å². The van der Waals surface area contributed by atoms with Gasteiger partial charge in [0.15, 0.2) is 23.0 Å². The zero-order valence-electron chi connectivity index (χ0n) is 29.9. The van der Waals surface area contributed by atoms with Crippen LogP contribution in [0, 0.1) is 30.9 Å². The molecule has 1 saturated heterocycles. The van der Waals surface area contributed by atoms with E-state index in [0.717, 1.165) is 27.8 Å². The molecule has 0 saturated carbocycles. The van der Waals surface area contributed by atoms with Crippen molar-refractivity contribution in [2.75, 3.05) is 54.6 Å². The van der Waals surface area contributed by atoms with Gasteiger partial charge in [-0.1, -0.05) is 17.7 Å². The van der Waals surface area contributed by atoms with E-state index in [1.165, 1.54) is 19.2 Å². The highest BCUT2D eigenvalue weighted by molar-refractivity contribution is 6.03. The topological polar surface area (TPSA) is 184 Å². The first-order valence-corrected chi connectivity index (χ1v) is 15.9. The molecule has 5 rings (SSSR count). The molecule has 4 N–H and O–H groups in total. The van der Waals surface area contributed by atoms with Crippen LogP contribution in [-0.4, -0.2) is 92.1 Å². The fourth-order valence-electron chi connectivity index (χ4n) is 6.45. The van der Waals surface area contributed by atoms with Crippen LogP contribution in [-0.2, 0) is 0 Å². The summed E-state index contributed by atoms with van der Waals surface area (Å²) in [6.07, 6.45) is 0.536. The minimum Gasteiger partial charge on any atom is -0.493 e. The van der Waals surface area contributed by atoms with Crippen LogP contribution in [0.4, 0.5) is 5.69 Å². The highest BCUT2D eigenvalue weighted by Gasteiger charge is 2.28. The number of hydrogen-bond donors (Lipinski definition) is 0. The van der Waals surface area contributed by atoms with Gasteiger partial charge in [0.25, 0.3) is 17.5 Å². The van der Waals surface area contributed by atoms with Crippen molar-refractivity contribution >= 4 is 17.5 Å². The van der Waals surface area contributed by atoms with Crippen LogP contribution < -0.4 is 18.9 Å². The zero-order chi connectivity index (χ0) is 35.4. The molecule has 0 bridgehead atoms. The van der Waals surface area contributed by atoms with Gasteiger partial charge in [0.1, 0.15) is 0 Å². The van der Waals surface area contributed by atoms with E-state index in [4.69, 9.17) is 18.9 Å². The predicted octanol–water partition coefficient (Wildman–Crippen LogP) is 5.23. The summed E-state index contributed by atoms with van der Waals surface area (Å²) >= 11 is 0. The highest BCUT2D eigenvalue weighted by atomic mass is 16.6. The lowest BCUT2D eigenvalue weighted by Gasteiger charge is -2.24. The fourth-order valence-corrected chi connectivity index (χ4v) is 6.45. The Morgan fingerprint density at radius 3 is 1.51 bits per heavy atom. The molecule has 1 aliphatic heterocycles. The van der Waals surface area contributed by atoms with Crippen molar-refractivity contribution in [3.05, 3.63) is 98.6 Å². The molecular formula is C38H45N3O10. The third-order valence-electron chi connectivity index (χ3n) is 8.87. The Kier molecular flexibility index (Phi) is 13.1. The summed E-state index contributed by atoms with van der Waals surface area (Å²) in [6.45, 7) is 7.11. The van der Waals surface area contributed by atoms with Gasteiger partial charge in [-0.3, -0.25) is 19.7 Å². The number of aryl methyl sites for hydroxylation is 3. The number of nitro benzene ring substituents is 1. The van der Waals surface area contributed by atoms with Crippen molar-refractivity contribution in [3.8, 4) is 45.3 Å². The Labute approximate surface area is 297 Å². The minimum absolute atomic E-state index is 0. The molecule has 13 nitrogen and oxygen atoms in total. The smallest absolute Gasteiger partial charge is 0.270 e. The summed E-state index contributed by atoms with van der Waals surface area (Å²) in [5.41, 5.74) is 5.97. The number of methoxy groups -OCH3 is 4. The van der Waals surface area contributed by atoms with Gasteiger partial charge in [-0.15, -0.1) is 0 Å². The molecule has 0 aromatic heterocycles. The maximum atomic E-state index is 14.2. The van der Waals surface area contributed by atoms with Gasteiger partial charge >= 0.3 is 0 Å². The molecule has 4 aromatic carbocycles. The summed E-state index contributed by atoms with van der Waals surface area (Å²) in [7, 11) is 6.26. The van der Waals surface area contributed by atoms with Gasteiger partial charge in [-0.25, -0.2) is 0 Å². The molecule has 13 heteroatoms. The van der Waals surface area contributed by atoms with Crippen molar-refractivity contribution in [1.29, 1.82) is 0 Å². The number of non-ortho nitro benzene ring substituents is 1. The van der Waals surface area contributed by atoms with Crippen LogP contribution >= 0.6 is 0 Å². The van der Waals surface area contributed by atoms with E-state index >= 15 is 0 Å². The zero-order valence-corrected chi connectivity index (χ0v) is 29.9. The lowest BCUT2D eigenvalue weighted by Crippen LogP contribution is -2.37. The van der Waals surface area contributed by atoms with Gasteiger partial charge in [0, 0.05) is 43.9 Å². The number of benzene rings is 4. The first kappa shape index (κ1) is 39.8. The van der Waals surface area contributed by atoms with Gasteiger partial charge in [-0.2, -0.15) is 0 Å². The Bertz CT molecular complexity index is 1930. The third-order valence-corrected chi connectivity index (χ3v) is 8.87. The molecule has 0 atom stereocenters. The van der Waals surface area contributed by atoms with Crippen molar-refractivity contribution in [2.24, 2.45) is 0 Å². The lowest BCUT2D eigenvalue weighted by atomic mass is 9.95. The first-order chi connectivity index (χ1) is 23.5. The molecule has 51 heavy (non-hydrogen) atoms. The SMILES string of the molecule is COc1cc(-c2ccc(C)cc2C(=O)N2CCCN(C(=O)c3cc([N+](=O)[O-])ccc3-c3cc(C)c(OC)c(OC)c3)CC2)cc(C)c1OC.O.O. The van der Waals surface area contributed by atoms with E-state index in [2.05, 4.69) is 0 Å².